The predicted octanol–water partition coefficient (Wildman–Crippen LogP) is 6.26. The number of methoxy groups -OCH3 is 1. The van der Waals surface area contributed by atoms with Gasteiger partial charge >= 0.3 is 5.97 Å². The zero-order valence-electron chi connectivity index (χ0n) is 24.9. The van der Waals surface area contributed by atoms with E-state index in [1.165, 1.54) is 11.1 Å². The Hall–Kier alpha value is -3.78. The van der Waals surface area contributed by atoms with Gasteiger partial charge in [0, 0.05) is 31.8 Å². The Balaban J connectivity index is 1.13. The molecule has 1 aliphatic heterocycles. The summed E-state index contributed by atoms with van der Waals surface area (Å²) < 4.78 is 22.5. The van der Waals surface area contributed by atoms with E-state index in [2.05, 4.69) is 53.5 Å². The van der Waals surface area contributed by atoms with Crippen molar-refractivity contribution in [3.63, 3.8) is 0 Å². The summed E-state index contributed by atoms with van der Waals surface area (Å²) >= 11 is 0. The molecule has 3 aromatic rings. The van der Waals surface area contributed by atoms with E-state index in [1.54, 1.807) is 31.4 Å². The summed E-state index contributed by atoms with van der Waals surface area (Å²) in [5, 5.41) is 0. The standard InChI is InChI=1S/C36H41NO6/c1-40-30-17-19-31(20-18-30)43-35(39)12-8-3-2-7-11-32-34(25-33(38)36(32)37-21-23-41-24-22-37)42-26-27-13-15-29(16-14-27)28-9-5-4-6-10-28/h2,4-7,9-10,13-20,32,34,36H,3,8,11-12,21-26H2,1H3/t32-,34-,36+/m0/s1. The smallest absolute Gasteiger partial charge is 0.311 e. The van der Waals surface area contributed by atoms with Crippen molar-refractivity contribution in [3.05, 3.63) is 96.6 Å². The van der Waals surface area contributed by atoms with Crippen molar-refractivity contribution in [2.45, 2.75) is 50.9 Å². The number of rotatable bonds is 13. The molecule has 2 aliphatic rings. The number of carbonyl (C=O) groups is 2. The van der Waals surface area contributed by atoms with Crippen molar-refractivity contribution in [3.8, 4) is 22.6 Å². The first-order valence-corrected chi connectivity index (χ1v) is 15.2. The Kier molecular flexibility index (Phi) is 11.1. The summed E-state index contributed by atoms with van der Waals surface area (Å²) in [7, 11) is 1.60. The van der Waals surface area contributed by atoms with Crippen molar-refractivity contribution in [2.75, 3.05) is 33.4 Å². The molecule has 7 heteroatoms. The Morgan fingerprint density at radius 3 is 2.33 bits per heavy atom. The van der Waals surface area contributed by atoms with Gasteiger partial charge in [-0.3, -0.25) is 14.5 Å². The molecule has 1 saturated carbocycles. The number of esters is 1. The maximum Gasteiger partial charge on any atom is 0.311 e. The van der Waals surface area contributed by atoms with Gasteiger partial charge in [0.2, 0.25) is 0 Å². The zero-order chi connectivity index (χ0) is 29.9. The van der Waals surface area contributed by atoms with Crippen LogP contribution in [0, 0.1) is 5.92 Å². The number of benzene rings is 3. The van der Waals surface area contributed by atoms with Gasteiger partial charge in [-0.25, -0.2) is 0 Å². The van der Waals surface area contributed by atoms with Crippen molar-refractivity contribution in [1.29, 1.82) is 0 Å². The van der Waals surface area contributed by atoms with Crippen molar-refractivity contribution in [2.24, 2.45) is 5.92 Å². The fourth-order valence-electron chi connectivity index (χ4n) is 5.89. The topological polar surface area (TPSA) is 74.3 Å². The van der Waals surface area contributed by atoms with E-state index in [0.29, 0.717) is 44.8 Å². The van der Waals surface area contributed by atoms with Crippen LogP contribution in [0.5, 0.6) is 11.5 Å². The molecule has 2 fully saturated rings. The molecule has 0 radical (unpaired) electrons. The highest BCUT2D eigenvalue weighted by atomic mass is 16.5. The van der Waals surface area contributed by atoms with Crippen LogP contribution in [0.25, 0.3) is 11.1 Å². The third-order valence-electron chi connectivity index (χ3n) is 8.20. The SMILES string of the molecule is COc1ccc(OC(=O)CCCC=CC[C@H]2[C@@H](OCc3ccc(-c4ccccc4)cc3)CC(=O)[C@@H]2N2CCOCC2)cc1. The monoisotopic (exact) mass is 583 g/mol. The van der Waals surface area contributed by atoms with E-state index in [9.17, 15) is 9.59 Å². The lowest BCUT2D eigenvalue weighted by molar-refractivity contribution is -0.134. The summed E-state index contributed by atoms with van der Waals surface area (Å²) in [5.74, 6) is 1.31. The first kappa shape index (κ1) is 30.7. The van der Waals surface area contributed by atoms with Crippen LogP contribution in [0.15, 0.2) is 91.0 Å². The molecule has 0 N–H and O–H groups in total. The van der Waals surface area contributed by atoms with Crippen LogP contribution >= 0.6 is 0 Å². The number of unbranched alkanes of at least 4 members (excludes halogenated alkanes) is 1. The van der Waals surface area contributed by atoms with Crippen molar-refractivity contribution >= 4 is 11.8 Å². The molecule has 0 bridgehead atoms. The normalized spacial score (nSPS) is 20.9. The van der Waals surface area contributed by atoms with Crippen molar-refractivity contribution < 1.29 is 28.5 Å². The van der Waals surface area contributed by atoms with Gasteiger partial charge in [-0.2, -0.15) is 0 Å². The highest BCUT2D eigenvalue weighted by Crippen LogP contribution is 2.34. The quantitative estimate of drug-likeness (QED) is 0.102. The van der Waals surface area contributed by atoms with E-state index in [0.717, 1.165) is 37.2 Å². The largest absolute Gasteiger partial charge is 0.497 e. The highest BCUT2D eigenvalue weighted by molar-refractivity contribution is 5.87. The van der Waals surface area contributed by atoms with E-state index < -0.39 is 0 Å². The number of carbonyl (C=O) groups excluding carboxylic acids is 2. The van der Waals surface area contributed by atoms with Crippen LogP contribution in [0.2, 0.25) is 0 Å². The van der Waals surface area contributed by atoms with E-state index in [4.69, 9.17) is 18.9 Å². The third kappa shape index (κ3) is 8.63. The average molecular weight is 584 g/mol. The van der Waals surface area contributed by atoms with Crippen LogP contribution in [0.1, 0.15) is 37.7 Å². The number of Topliss-reactive ketones (excluding diaryl/α,β-unsaturated/α-hetero) is 1. The molecule has 1 heterocycles. The van der Waals surface area contributed by atoms with Gasteiger partial charge in [-0.15, -0.1) is 0 Å². The lowest BCUT2D eigenvalue weighted by atomic mass is 9.95. The summed E-state index contributed by atoms with van der Waals surface area (Å²) in [4.78, 5) is 27.8. The number of ketones is 1. The van der Waals surface area contributed by atoms with Gasteiger partial charge in [0.25, 0.3) is 0 Å². The molecule has 0 spiro atoms. The summed E-state index contributed by atoms with van der Waals surface area (Å²) in [5.41, 5.74) is 3.45. The zero-order valence-corrected chi connectivity index (χ0v) is 24.9. The van der Waals surface area contributed by atoms with Gasteiger partial charge in [0.15, 0.2) is 5.78 Å². The molecule has 0 aromatic heterocycles. The Morgan fingerprint density at radius 2 is 1.60 bits per heavy atom. The number of nitrogens with zero attached hydrogens (tertiary/aromatic N) is 1. The van der Waals surface area contributed by atoms with Crippen LogP contribution < -0.4 is 9.47 Å². The summed E-state index contributed by atoms with van der Waals surface area (Å²) in [6.07, 6.45) is 7.10. The maximum atomic E-state index is 13.3. The minimum absolute atomic E-state index is 0.0745. The molecular weight excluding hydrogens is 542 g/mol. The predicted molar refractivity (Wildman–Crippen MR) is 166 cm³/mol. The molecule has 226 valence electrons. The highest BCUT2D eigenvalue weighted by Gasteiger charge is 2.45. The van der Waals surface area contributed by atoms with Crippen LogP contribution in [0.4, 0.5) is 0 Å². The molecule has 1 aliphatic carbocycles. The van der Waals surface area contributed by atoms with E-state index >= 15 is 0 Å². The van der Waals surface area contributed by atoms with Crippen LogP contribution in [-0.2, 0) is 25.7 Å². The molecule has 1 saturated heterocycles. The minimum atomic E-state index is -0.252. The Bertz CT molecular complexity index is 1330. The number of hydrogen-bond donors (Lipinski definition) is 0. The van der Waals surface area contributed by atoms with Gasteiger partial charge in [0.05, 0.1) is 39.1 Å². The first-order valence-electron chi connectivity index (χ1n) is 15.2. The second-order valence-corrected chi connectivity index (χ2v) is 11.1. The van der Waals surface area contributed by atoms with Crippen molar-refractivity contribution in [1.82, 2.24) is 4.90 Å². The van der Waals surface area contributed by atoms with E-state index in [1.807, 2.05) is 18.2 Å². The number of hydrogen-bond acceptors (Lipinski definition) is 7. The van der Waals surface area contributed by atoms with Gasteiger partial charge < -0.3 is 18.9 Å². The van der Waals surface area contributed by atoms with Crippen LogP contribution in [0.3, 0.4) is 0 Å². The summed E-state index contributed by atoms with van der Waals surface area (Å²) in [6, 6.07) is 25.6. The molecule has 43 heavy (non-hydrogen) atoms. The molecular formula is C36H41NO6. The Morgan fingerprint density at radius 1 is 0.907 bits per heavy atom. The first-order chi connectivity index (χ1) is 21.1. The van der Waals surface area contributed by atoms with Gasteiger partial charge in [0.1, 0.15) is 11.5 Å². The van der Waals surface area contributed by atoms with E-state index in [-0.39, 0.29) is 29.8 Å². The molecule has 3 aromatic carbocycles. The fraction of sp³-hybridized carbons (Fsp3) is 0.389. The van der Waals surface area contributed by atoms with Gasteiger partial charge in [-0.1, -0.05) is 66.7 Å². The fourth-order valence-corrected chi connectivity index (χ4v) is 5.89. The average Bonchev–Trinajstić information content (AvgIpc) is 3.37. The second kappa shape index (κ2) is 15.6. The lowest BCUT2D eigenvalue weighted by Gasteiger charge is -2.35. The number of allylic oxidation sites excluding steroid dienone is 2. The molecule has 0 amide bonds. The molecule has 3 atom stereocenters. The second-order valence-electron chi connectivity index (χ2n) is 11.1. The third-order valence-corrected chi connectivity index (χ3v) is 8.20. The van der Waals surface area contributed by atoms with Crippen LogP contribution in [-0.4, -0.2) is 62.2 Å². The number of ether oxygens (including phenoxy) is 4. The Labute approximate surface area is 254 Å². The summed E-state index contributed by atoms with van der Waals surface area (Å²) in [6.45, 7) is 3.30. The lowest BCUT2D eigenvalue weighted by Crippen LogP contribution is -2.49. The minimum Gasteiger partial charge on any atom is -0.497 e. The maximum absolute atomic E-state index is 13.3. The number of morpholine rings is 1. The molecule has 0 unspecified atom stereocenters. The van der Waals surface area contributed by atoms with Gasteiger partial charge in [-0.05, 0) is 60.2 Å². The molecule has 7 nitrogen and oxygen atoms in total. The molecule has 5 rings (SSSR count).